The summed E-state index contributed by atoms with van der Waals surface area (Å²) in [5.74, 6) is 0.597. The fourth-order valence-corrected chi connectivity index (χ4v) is 1.79. The van der Waals surface area contributed by atoms with Gasteiger partial charge < -0.3 is 5.32 Å². The zero-order chi connectivity index (χ0) is 11.3. The SMILES string of the molecule is CCCNC(c1cncc(C)c1)C(C)C. The number of rotatable bonds is 5. The minimum atomic E-state index is 0.428. The molecule has 1 N–H and O–H groups in total. The van der Waals surface area contributed by atoms with Gasteiger partial charge in [-0.1, -0.05) is 26.8 Å². The Morgan fingerprint density at radius 2 is 2.07 bits per heavy atom. The van der Waals surface area contributed by atoms with E-state index in [0.717, 1.165) is 6.54 Å². The van der Waals surface area contributed by atoms with Crippen LogP contribution in [0.5, 0.6) is 0 Å². The quantitative estimate of drug-likeness (QED) is 0.800. The third kappa shape index (κ3) is 3.63. The van der Waals surface area contributed by atoms with Gasteiger partial charge in [-0.15, -0.1) is 0 Å². The van der Waals surface area contributed by atoms with Crippen LogP contribution in [0.25, 0.3) is 0 Å². The van der Waals surface area contributed by atoms with Gasteiger partial charge in [-0.05, 0) is 36.9 Å². The topological polar surface area (TPSA) is 24.9 Å². The van der Waals surface area contributed by atoms with Crippen LogP contribution in [0.15, 0.2) is 18.5 Å². The Labute approximate surface area is 93.1 Å². The summed E-state index contributed by atoms with van der Waals surface area (Å²) in [6, 6.07) is 2.65. The van der Waals surface area contributed by atoms with E-state index in [-0.39, 0.29) is 0 Å². The maximum atomic E-state index is 4.26. The first kappa shape index (κ1) is 12.2. The van der Waals surface area contributed by atoms with Crippen molar-refractivity contribution in [3.63, 3.8) is 0 Å². The molecule has 0 saturated heterocycles. The summed E-state index contributed by atoms with van der Waals surface area (Å²) < 4.78 is 0. The van der Waals surface area contributed by atoms with Gasteiger partial charge in [0.25, 0.3) is 0 Å². The molecule has 0 radical (unpaired) electrons. The summed E-state index contributed by atoms with van der Waals surface area (Å²) in [7, 11) is 0. The van der Waals surface area contributed by atoms with Crippen LogP contribution < -0.4 is 5.32 Å². The zero-order valence-corrected chi connectivity index (χ0v) is 10.2. The van der Waals surface area contributed by atoms with Crippen LogP contribution in [0.2, 0.25) is 0 Å². The van der Waals surface area contributed by atoms with Gasteiger partial charge in [0.1, 0.15) is 0 Å². The molecule has 1 rings (SSSR count). The number of pyridine rings is 1. The van der Waals surface area contributed by atoms with Crippen molar-refractivity contribution in [2.75, 3.05) is 6.54 Å². The van der Waals surface area contributed by atoms with Crippen molar-refractivity contribution in [2.45, 2.75) is 40.2 Å². The van der Waals surface area contributed by atoms with Gasteiger partial charge in [0.05, 0.1) is 0 Å². The Hall–Kier alpha value is -0.890. The smallest absolute Gasteiger partial charge is 0.0358 e. The molecule has 2 nitrogen and oxygen atoms in total. The molecular formula is C13H22N2. The molecule has 1 aromatic heterocycles. The van der Waals surface area contributed by atoms with Crippen molar-refractivity contribution in [3.05, 3.63) is 29.6 Å². The molecule has 0 aliphatic carbocycles. The normalized spacial score (nSPS) is 13.1. The van der Waals surface area contributed by atoms with Crippen molar-refractivity contribution >= 4 is 0 Å². The van der Waals surface area contributed by atoms with Crippen LogP contribution in [0.1, 0.15) is 44.4 Å². The number of hydrogen-bond donors (Lipinski definition) is 1. The summed E-state index contributed by atoms with van der Waals surface area (Å²) in [6.07, 6.45) is 5.05. The minimum absolute atomic E-state index is 0.428. The van der Waals surface area contributed by atoms with Gasteiger partial charge in [0.2, 0.25) is 0 Å². The highest BCUT2D eigenvalue weighted by Crippen LogP contribution is 2.21. The van der Waals surface area contributed by atoms with Crippen LogP contribution in [0.3, 0.4) is 0 Å². The Kier molecular flexibility index (Phi) is 4.76. The first-order valence-electron chi connectivity index (χ1n) is 5.80. The molecule has 0 aromatic carbocycles. The lowest BCUT2D eigenvalue weighted by molar-refractivity contribution is 0.411. The lowest BCUT2D eigenvalue weighted by Crippen LogP contribution is -2.26. The van der Waals surface area contributed by atoms with Crippen molar-refractivity contribution in [1.29, 1.82) is 0 Å². The van der Waals surface area contributed by atoms with Crippen LogP contribution >= 0.6 is 0 Å². The average molecular weight is 206 g/mol. The van der Waals surface area contributed by atoms with Gasteiger partial charge in [0.15, 0.2) is 0 Å². The predicted molar refractivity (Wildman–Crippen MR) is 64.8 cm³/mol. The van der Waals surface area contributed by atoms with Crippen LogP contribution in [0, 0.1) is 12.8 Å². The van der Waals surface area contributed by atoms with Crippen LogP contribution in [-0.2, 0) is 0 Å². The highest BCUT2D eigenvalue weighted by Gasteiger charge is 2.14. The molecule has 2 heteroatoms. The number of nitrogens with zero attached hydrogens (tertiary/aromatic N) is 1. The minimum Gasteiger partial charge on any atom is -0.310 e. The molecule has 0 spiro atoms. The van der Waals surface area contributed by atoms with Crippen LogP contribution in [-0.4, -0.2) is 11.5 Å². The van der Waals surface area contributed by atoms with E-state index in [1.165, 1.54) is 17.5 Å². The monoisotopic (exact) mass is 206 g/mol. The number of nitrogens with one attached hydrogen (secondary N) is 1. The Morgan fingerprint density at radius 1 is 1.33 bits per heavy atom. The first-order chi connectivity index (χ1) is 7.15. The second-order valence-corrected chi connectivity index (χ2v) is 4.47. The molecule has 1 aromatic rings. The van der Waals surface area contributed by atoms with Crippen molar-refractivity contribution in [1.82, 2.24) is 10.3 Å². The van der Waals surface area contributed by atoms with E-state index in [4.69, 9.17) is 0 Å². The molecule has 1 heterocycles. The molecule has 0 fully saturated rings. The third-order valence-electron chi connectivity index (χ3n) is 2.54. The summed E-state index contributed by atoms with van der Waals surface area (Å²) in [5.41, 5.74) is 2.54. The highest BCUT2D eigenvalue weighted by atomic mass is 14.9. The number of hydrogen-bond acceptors (Lipinski definition) is 2. The van der Waals surface area contributed by atoms with Crippen molar-refractivity contribution < 1.29 is 0 Å². The maximum absolute atomic E-state index is 4.26. The van der Waals surface area contributed by atoms with E-state index in [2.05, 4.69) is 44.1 Å². The molecule has 1 unspecified atom stereocenters. The second-order valence-electron chi connectivity index (χ2n) is 4.47. The summed E-state index contributed by atoms with van der Waals surface area (Å²) >= 11 is 0. The van der Waals surface area contributed by atoms with Gasteiger partial charge in [0, 0.05) is 18.4 Å². The van der Waals surface area contributed by atoms with Gasteiger partial charge >= 0.3 is 0 Å². The highest BCUT2D eigenvalue weighted by molar-refractivity contribution is 5.20. The van der Waals surface area contributed by atoms with Crippen molar-refractivity contribution in [2.24, 2.45) is 5.92 Å². The standard InChI is InChI=1S/C13H22N2/c1-5-6-15-13(10(2)3)12-7-11(4)8-14-9-12/h7-10,13,15H,5-6H2,1-4H3. The molecule has 0 saturated carbocycles. The summed E-state index contributed by atoms with van der Waals surface area (Å²) in [4.78, 5) is 4.26. The largest absolute Gasteiger partial charge is 0.310 e. The lowest BCUT2D eigenvalue weighted by atomic mass is 9.96. The molecular weight excluding hydrogens is 184 g/mol. The van der Waals surface area contributed by atoms with Crippen LogP contribution in [0.4, 0.5) is 0 Å². The second kappa shape index (κ2) is 5.86. The third-order valence-corrected chi connectivity index (χ3v) is 2.54. The van der Waals surface area contributed by atoms with E-state index < -0.39 is 0 Å². The Bertz CT molecular complexity index is 294. The Morgan fingerprint density at radius 3 is 2.60 bits per heavy atom. The van der Waals surface area contributed by atoms with E-state index in [9.17, 15) is 0 Å². The van der Waals surface area contributed by atoms with E-state index in [1.54, 1.807) is 0 Å². The summed E-state index contributed by atoms with van der Waals surface area (Å²) in [5, 5.41) is 3.57. The first-order valence-corrected chi connectivity index (χ1v) is 5.80. The molecule has 0 amide bonds. The molecule has 0 bridgehead atoms. The fraction of sp³-hybridized carbons (Fsp3) is 0.615. The van der Waals surface area contributed by atoms with E-state index in [0.29, 0.717) is 12.0 Å². The van der Waals surface area contributed by atoms with Crippen molar-refractivity contribution in [3.8, 4) is 0 Å². The average Bonchev–Trinajstić information content (AvgIpc) is 2.18. The van der Waals surface area contributed by atoms with Gasteiger partial charge in [-0.25, -0.2) is 0 Å². The molecule has 1 atom stereocenters. The fourth-order valence-electron chi connectivity index (χ4n) is 1.79. The molecule has 15 heavy (non-hydrogen) atoms. The Balaban J connectivity index is 2.79. The summed E-state index contributed by atoms with van der Waals surface area (Å²) in [6.45, 7) is 9.84. The van der Waals surface area contributed by atoms with Gasteiger partial charge in [-0.2, -0.15) is 0 Å². The van der Waals surface area contributed by atoms with E-state index >= 15 is 0 Å². The zero-order valence-electron chi connectivity index (χ0n) is 10.2. The maximum Gasteiger partial charge on any atom is 0.0358 e. The molecule has 84 valence electrons. The van der Waals surface area contributed by atoms with Gasteiger partial charge in [-0.3, -0.25) is 4.98 Å². The molecule has 0 aliphatic rings. The van der Waals surface area contributed by atoms with E-state index in [1.807, 2.05) is 12.4 Å². The lowest BCUT2D eigenvalue weighted by Gasteiger charge is -2.22. The molecule has 0 aliphatic heterocycles. The predicted octanol–water partition coefficient (Wildman–Crippen LogP) is 3.09. The number of aryl methyl sites for hydroxylation is 1. The number of aromatic nitrogens is 1.